The Morgan fingerprint density at radius 2 is 2.08 bits per heavy atom. The average molecular weight is 332 g/mol. The van der Waals surface area contributed by atoms with Gasteiger partial charge in [-0.05, 0) is 12.8 Å². The van der Waals surface area contributed by atoms with Gasteiger partial charge in [0.15, 0.2) is 0 Å². The van der Waals surface area contributed by atoms with E-state index in [-0.39, 0.29) is 17.4 Å². The maximum absolute atomic E-state index is 11.7. The van der Waals surface area contributed by atoms with E-state index in [1.165, 1.54) is 0 Å². The first kappa shape index (κ1) is 18.7. The van der Waals surface area contributed by atoms with E-state index in [2.05, 4.69) is 50.9 Å². The third-order valence-electron chi connectivity index (χ3n) is 4.45. The summed E-state index contributed by atoms with van der Waals surface area (Å²) < 4.78 is 0. The van der Waals surface area contributed by atoms with Gasteiger partial charge in [0.2, 0.25) is 5.91 Å². The predicted molar refractivity (Wildman–Crippen MR) is 98.5 cm³/mol. The number of carbonyl (C=O) groups excluding carboxylic acids is 1. The normalized spacial score (nSPS) is 18.8. The summed E-state index contributed by atoms with van der Waals surface area (Å²) >= 11 is 0. The Morgan fingerprint density at radius 1 is 1.38 bits per heavy atom. The molecule has 1 aromatic heterocycles. The van der Waals surface area contributed by atoms with Crippen LogP contribution in [0.5, 0.6) is 0 Å². The first-order valence-corrected chi connectivity index (χ1v) is 9.14. The second-order valence-corrected chi connectivity index (χ2v) is 8.08. The monoisotopic (exact) mass is 332 g/mol. The van der Waals surface area contributed by atoms with E-state index in [1.54, 1.807) is 0 Å². The largest absolute Gasteiger partial charge is 0.354 e. The van der Waals surface area contributed by atoms with Gasteiger partial charge in [-0.15, -0.1) is 0 Å². The maximum atomic E-state index is 11.7. The van der Waals surface area contributed by atoms with Crippen LogP contribution in [0.2, 0.25) is 0 Å². The summed E-state index contributed by atoms with van der Waals surface area (Å²) in [4.78, 5) is 23.6. The van der Waals surface area contributed by atoms with E-state index in [4.69, 9.17) is 9.97 Å². The summed E-state index contributed by atoms with van der Waals surface area (Å²) in [6.45, 7) is 14.5. The third kappa shape index (κ3) is 4.68. The van der Waals surface area contributed by atoms with Crippen molar-refractivity contribution in [3.63, 3.8) is 0 Å². The molecular weight excluding hydrogens is 300 g/mol. The zero-order chi connectivity index (χ0) is 17.9. The smallest absolute Gasteiger partial charge is 0.219 e. The van der Waals surface area contributed by atoms with Crippen molar-refractivity contribution in [3.8, 4) is 0 Å². The molecule has 1 atom stereocenters. The molecule has 1 unspecified atom stereocenters. The first-order chi connectivity index (χ1) is 11.2. The number of carbonyl (C=O) groups is 1. The number of aromatic nitrogens is 2. The van der Waals surface area contributed by atoms with Gasteiger partial charge in [0.05, 0.1) is 5.69 Å². The van der Waals surface area contributed by atoms with Gasteiger partial charge in [-0.25, -0.2) is 9.97 Å². The van der Waals surface area contributed by atoms with Crippen LogP contribution in [0, 0.1) is 0 Å². The van der Waals surface area contributed by atoms with Crippen molar-refractivity contribution in [1.82, 2.24) is 15.3 Å². The fraction of sp³-hybridized carbons (Fsp3) is 0.737. The van der Waals surface area contributed by atoms with Crippen LogP contribution in [0.4, 0.5) is 5.82 Å². The number of rotatable bonds is 4. The van der Waals surface area contributed by atoms with Crippen LogP contribution in [0.15, 0.2) is 6.07 Å². The molecule has 0 bridgehead atoms. The third-order valence-corrected chi connectivity index (χ3v) is 4.45. The topological polar surface area (TPSA) is 58.1 Å². The van der Waals surface area contributed by atoms with E-state index in [1.807, 2.05) is 6.92 Å². The first-order valence-electron chi connectivity index (χ1n) is 9.14. The molecule has 134 valence electrons. The van der Waals surface area contributed by atoms with Crippen molar-refractivity contribution < 1.29 is 4.79 Å². The molecule has 1 saturated heterocycles. The molecule has 0 saturated carbocycles. The molecular formula is C19H32N4O. The molecule has 24 heavy (non-hydrogen) atoms. The van der Waals surface area contributed by atoms with Crippen LogP contribution < -0.4 is 10.2 Å². The Morgan fingerprint density at radius 3 is 2.67 bits per heavy atom. The molecule has 1 aliphatic rings. The summed E-state index contributed by atoms with van der Waals surface area (Å²) in [5.41, 5.74) is 1.07. The summed E-state index contributed by atoms with van der Waals surface area (Å²) in [6.07, 6.45) is 2.65. The number of hydrogen-bond donors (Lipinski definition) is 1. The Bertz CT molecular complexity index is 577. The highest BCUT2D eigenvalue weighted by Gasteiger charge is 2.25. The molecule has 0 aromatic carbocycles. The van der Waals surface area contributed by atoms with E-state index < -0.39 is 0 Å². The molecule has 2 rings (SSSR count). The van der Waals surface area contributed by atoms with Gasteiger partial charge in [-0.3, -0.25) is 4.79 Å². The van der Waals surface area contributed by atoms with Gasteiger partial charge in [0.1, 0.15) is 11.6 Å². The summed E-state index contributed by atoms with van der Waals surface area (Å²) in [5.74, 6) is 2.32. The molecule has 5 heteroatoms. The number of hydrogen-bond acceptors (Lipinski definition) is 4. The Kier molecular flexibility index (Phi) is 5.83. The lowest BCUT2D eigenvalue weighted by Crippen LogP contribution is -2.48. The SMILES string of the molecule is CCC(=O)NC1CCCN(c2cc(C(C)(C)C)nc(C(C)C)n2)C1. The molecule has 1 aromatic rings. The summed E-state index contributed by atoms with van der Waals surface area (Å²) in [5, 5.41) is 3.13. The maximum Gasteiger partial charge on any atom is 0.219 e. The highest BCUT2D eigenvalue weighted by atomic mass is 16.1. The zero-order valence-electron chi connectivity index (χ0n) is 16.0. The predicted octanol–water partition coefficient (Wildman–Crippen LogP) is 3.39. The minimum Gasteiger partial charge on any atom is -0.354 e. The minimum absolute atomic E-state index is 0.00700. The lowest BCUT2D eigenvalue weighted by molar-refractivity contribution is -0.121. The van der Waals surface area contributed by atoms with Crippen LogP contribution in [-0.2, 0) is 10.2 Å². The molecule has 1 fully saturated rings. The van der Waals surface area contributed by atoms with E-state index >= 15 is 0 Å². The highest BCUT2D eigenvalue weighted by molar-refractivity contribution is 5.75. The van der Waals surface area contributed by atoms with Gasteiger partial charge in [-0.2, -0.15) is 0 Å². The van der Waals surface area contributed by atoms with Crippen molar-refractivity contribution in [2.45, 2.75) is 78.2 Å². The quantitative estimate of drug-likeness (QED) is 0.918. The van der Waals surface area contributed by atoms with E-state index in [0.29, 0.717) is 12.3 Å². The fourth-order valence-corrected chi connectivity index (χ4v) is 2.89. The standard InChI is InChI=1S/C19H32N4O/c1-7-17(24)20-14-9-8-10-23(12-14)16-11-15(19(4,5)6)21-18(22-16)13(2)3/h11,13-14H,7-10,12H2,1-6H3,(H,20,24). The molecule has 1 aliphatic heterocycles. The second kappa shape index (κ2) is 7.49. The molecule has 1 amide bonds. The van der Waals surface area contributed by atoms with Crippen molar-refractivity contribution in [3.05, 3.63) is 17.6 Å². The van der Waals surface area contributed by atoms with Gasteiger partial charge in [0, 0.05) is 43.0 Å². The summed E-state index contributed by atoms with van der Waals surface area (Å²) in [7, 11) is 0. The molecule has 0 spiro atoms. The number of nitrogens with zero attached hydrogens (tertiary/aromatic N) is 3. The number of anilines is 1. The lowest BCUT2D eigenvalue weighted by Gasteiger charge is -2.35. The van der Waals surface area contributed by atoms with Crippen molar-refractivity contribution in [2.75, 3.05) is 18.0 Å². The van der Waals surface area contributed by atoms with Gasteiger partial charge >= 0.3 is 0 Å². The van der Waals surface area contributed by atoms with Crippen LogP contribution in [-0.4, -0.2) is 35.0 Å². The number of amides is 1. The number of piperidine rings is 1. The molecule has 1 N–H and O–H groups in total. The average Bonchev–Trinajstić information content (AvgIpc) is 2.53. The zero-order valence-corrected chi connectivity index (χ0v) is 16.0. The molecule has 5 nitrogen and oxygen atoms in total. The highest BCUT2D eigenvalue weighted by Crippen LogP contribution is 2.27. The Balaban J connectivity index is 2.26. The minimum atomic E-state index is -0.00700. The van der Waals surface area contributed by atoms with Crippen LogP contribution in [0.25, 0.3) is 0 Å². The molecule has 0 radical (unpaired) electrons. The summed E-state index contributed by atoms with van der Waals surface area (Å²) in [6, 6.07) is 2.33. The Hall–Kier alpha value is -1.65. The van der Waals surface area contributed by atoms with Gasteiger partial charge < -0.3 is 10.2 Å². The van der Waals surface area contributed by atoms with Gasteiger partial charge in [-0.1, -0.05) is 41.5 Å². The second-order valence-electron chi connectivity index (χ2n) is 8.08. The van der Waals surface area contributed by atoms with Crippen LogP contribution >= 0.6 is 0 Å². The van der Waals surface area contributed by atoms with Crippen LogP contribution in [0.3, 0.4) is 0 Å². The fourth-order valence-electron chi connectivity index (χ4n) is 2.89. The molecule has 0 aliphatic carbocycles. The van der Waals surface area contributed by atoms with E-state index in [9.17, 15) is 4.79 Å². The van der Waals surface area contributed by atoms with Crippen LogP contribution in [0.1, 0.15) is 78.2 Å². The van der Waals surface area contributed by atoms with Crippen molar-refractivity contribution in [2.24, 2.45) is 0 Å². The number of nitrogens with one attached hydrogen (secondary N) is 1. The van der Waals surface area contributed by atoms with Gasteiger partial charge in [0.25, 0.3) is 0 Å². The van der Waals surface area contributed by atoms with E-state index in [0.717, 1.165) is 43.3 Å². The van der Waals surface area contributed by atoms with Crippen molar-refractivity contribution in [1.29, 1.82) is 0 Å². The van der Waals surface area contributed by atoms with Crippen molar-refractivity contribution >= 4 is 11.7 Å². The Labute approximate surface area is 146 Å². The molecule has 2 heterocycles. The lowest BCUT2D eigenvalue weighted by atomic mass is 9.91.